The molecule has 0 aliphatic heterocycles. The third-order valence-electron chi connectivity index (χ3n) is 1.75. The van der Waals surface area contributed by atoms with E-state index in [4.69, 9.17) is 11.6 Å². The molecule has 1 rings (SSSR count). The molecule has 1 aromatic rings. The second-order valence-corrected chi connectivity index (χ2v) is 3.19. The minimum absolute atomic E-state index is 0.0542. The molecule has 16 heavy (non-hydrogen) atoms. The van der Waals surface area contributed by atoms with E-state index in [0.29, 0.717) is 24.9 Å². The Hall–Kier alpha value is -1.63. The summed E-state index contributed by atoms with van der Waals surface area (Å²) in [5.74, 6) is 0.664. The highest BCUT2D eigenvalue weighted by molar-refractivity contribution is 6.28. The predicted molar refractivity (Wildman–Crippen MR) is 61.6 cm³/mol. The molecule has 0 aliphatic carbocycles. The third kappa shape index (κ3) is 3.85. The minimum Gasteiger partial charge on any atom is -0.359 e. The van der Waals surface area contributed by atoms with Crippen molar-refractivity contribution in [2.45, 2.75) is 6.42 Å². The van der Waals surface area contributed by atoms with Crippen LogP contribution in [0.15, 0.2) is 0 Å². The number of nitrogens with one attached hydrogen (secondary N) is 3. The van der Waals surface area contributed by atoms with Gasteiger partial charge in [0.05, 0.1) is 0 Å². The van der Waals surface area contributed by atoms with Gasteiger partial charge in [-0.25, -0.2) is 0 Å². The van der Waals surface area contributed by atoms with Crippen LogP contribution in [0.5, 0.6) is 0 Å². The van der Waals surface area contributed by atoms with Crippen molar-refractivity contribution in [3.05, 3.63) is 5.28 Å². The Morgan fingerprint density at radius 2 is 1.94 bits per heavy atom. The molecule has 7 nitrogen and oxygen atoms in total. The van der Waals surface area contributed by atoms with Crippen LogP contribution in [0.2, 0.25) is 5.28 Å². The number of hydrogen-bond donors (Lipinski definition) is 3. The number of carbonyl (C=O) groups excluding carboxylic acids is 1. The molecule has 0 aromatic carbocycles. The number of halogens is 1. The van der Waals surface area contributed by atoms with Crippen molar-refractivity contribution < 1.29 is 4.79 Å². The van der Waals surface area contributed by atoms with Gasteiger partial charge in [0.15, 0.2) is 0 Å². The smallest absolute Gasteiger partial charge is 0.228 e. The second kappa shape index (κ2) is 6.06. The number of carbonyl (C=O) groups is 1. The maximum absolute atomic E-state index is 10.9. The summed E-state index contributed by atoms with van der Waals surface area (Å²) < 4.78 is 0. The number of nitrogens with zero attached hydrogens (tertiary/aromatic N) is 3. The topological polar surface area (TPSA) is 91.8 Å². The summed E-state index contributed by atoms with van der Waals surface area (Å²) in [5, 5.41) is 8.24. The van der Waals surface area contributed by atoms with Crippen LogP contribution >= 0.6 is 11.6 Å². The number of rotatable bonds is 5. The fourth-order valence-electron chi connectivity index (χ4n) is 0.954. The Balaban J connectivity index is 2.53. The average Bonchev–Trinajstić information content (AvgIpc) is 2.28. The monoisotopic (exact) mass is 244 g/mol. The largest absolute Gasteiger partial charge is 0.359 e. The fourth-order valence-corrected chi connectivity index (χ4v) is 1.11. The van der Waals surface area contributed by atoms with Gasteiger partial charge in [0.25, 0.3) is 0 Å². The molecule has 3 N–H and O–H groups in total. The number of anilines is 2. The quantitative estimate of drug-likeness (QED) is 0.681. The summed E-state index contributed by atoms with van der Waals surface area (Å²) in [4.78, 5) is 22.7. The highest BCUT2D eigenvalue weighted by atomic mass is 35.5. The molecular formula is C8H13ClN6O. The summed E-state index contributed by atoms with van der Waals surface area (Å²) in [5.41, 5.74) is 0. The van der Waals surface area contributed by atoms with Crippen molar-refractivity contribution in [1.29, 1.82) is 0 Å². The molecule has 88 valence electrons. The lowest BCUT2D eigenvalue weighted by Gasteiger charge is -2.05. The SMILES string of the molecule is CNC(=O)CCNc1nc(Cl)nc(NC)n1. The van der Waals surface area contributed by atoms with Crippen molar-refractivity contribution in [1.82, 2.24) is 20.3 Å². The summed E-state index contributed by atoms with van der Waals surface area (Å²) >= 11 is 5.68. The van der Waals surface area contributed by atoms with E-state index in [-0.39, 0.29) is 11.2 Å². The molecule has 1 amide bonds. The van der Waals surface area contributed by atoms with Gasteiger partial charge in [0, 0.05) is 27.1 Å². The van der Waals surface area contributed by atoms with Gasteiger partial charge in [-0.3, -0.25) is 4.79 Å². The average molecular weight is 245 g/mol. The predicted octanol–water partition coefficient (Wildman–Crippen LogP) is 0.115. The molecule has 0 saturated carbocycles. The molecule has 0 bridgehead atoms. The highest BCUT2D eigenvalue weighted by Gasteiger charge is 2.03. The molecule has 0 spiro atoms. The van der Waals surface area contributed by atoms with Gasteiger partial charge in [-0.2, -0.15) is 15.0 Å². The maximum Gasteiger partial charge on any atom is 0.228 e. The van der Waals surface area contributed by atoms with Crippen LogP contribution in [0.3, 0.4) is 0 Å². The van der Waals surface area contributed by atoms with E-state index < -0.39 is 0 Å². The van der Waals surface area contributed by atoms with Crippen molar-refractivity contribution in [3.63, 3.8) is 0 Å². The van der Waals surface area contributed by atoms with Gasteiger partial charge in [-0.15, -0.1) is 0 Å². The Morgan fingerprint density at radius 3 is 2.56 bits per heavy atom. The van der Waals surface area contributed by atoms with E-state index >= 15 is 0 Å². The molecule has 1 aromatic heterocycles. The molecule has 8 heteroatoms. The van der Waals surface area contributed by atoms with Crippen LogP contribution in [-0.2, 0) is 4.79 Å². The molecule has 0 saturated heterocycles. The lowest BCUT2D eigenvalue weighted by molar-refractivity contribution is -0.120. The molecule has 0 fully saturated rings. The normalized spacial score (nSPS) is 9.69. The maximum atomic E-state index is 10.9. The van der Waals surface area contributed by atoms with Crippen molar-refractivity contribution in [3.8, 4) is 0 Å². The van der Waals surface area contributed by atoms with E-state index in [2.05, 4.69) is 30.9 Å². The van der Waals surface area contributed by atoms with Gasteiger partial charge in [-0.1, -0.05) is 0 Å². The van der Waals surface area contributed by atoms with Crippen molar-refractivity contribution in [2.75, 3.05) is 31.3 Å². The Labute approximate surface area is 98.0 Å². The first kappa shape index (κ1) is 12.4. The van der Waals surface area contributed by atoms with Crippen molar-refractivity contribution >= 4 is 29.4 Å². The zero-order chi connectivity index (χ0) is 12.0. The van der Waals surface area contributed by atoms with E-state index in [1.165, 1.54) is 0 Å². The molecule has 0 atom stereocenters. The van der Waals surface area contributed by atoms with E-state index in [1.807, 2.05) is 0 Å². The molecular weight excluding hydrogens is 232 g/mol. The molecule has 0 unspecified atom stereocenters. The fraction of sp³-hybridized carbons (Fsp3) is 0.500. The van der Waals surface area contributed by atoms with Gasteiger partial charge >= 0.3 is 0 Å². The number of hydrogen-bond acceptors (Lipinski definition) is 6. The Bertz CT molecular complexity index is 372. The summed E-state index contributed by atoms with van der Waals surface area (Å²) in [6, 6.07) is 0. The lowest BCUT2D eigenvalue weighted by atomic mass is 10.4. The van der Waals surface area contributed by atoms with Gasteiger partial charge in [0.2, 0.25) is 23.1 Å². The third-order valence-corrected chi connectivity index (χ3v) is 1.91. The summed E-state index contributed by atoms with van der Waals surface area (Å²) in [7, 11) is 3.27. The first-order valence-electron chi connectivity index (χ1n) is 4.69. The van der Waals surface area contributed by atoms with Gasteiger partial charge in [0.1, 0.15) is 0 Å². The van der Waals surface area contributed by atoms with Crippen LogP contribution in [0.25, 0.3) is 0 Å². The first-order chi connectivity index (χ1) is 7.65. The number of aromatic nitrogens is 3. The standard InChI is InChI=1S/C8H13ClN6O/c1-10-5(16)3-4-12-8-14-6(9)13-7(11-2)15-8/h3-4H2,1-2H3,(H,10,16)(H2,11,12,13,14,15). The van der Waals surface area contributed by atoms with E-state index in [0.717, 1.165) is 0 Å². The number of amides is 1. The molecule has 1 heterocycles. The molecule has 0 radical (unpaired) electrons. The van der Waals surface area contributed by atoms with Crippen LogP contribution in [-0.4, -0.2) is 41.5 Å². The van der Waals surface area contributed by atoms with Crippen LogP contribution in [0.4, 0.5) is 11.9 Å². The Morgan fingerprint density at radius 1 is 1.25 bits per heavy atom. The van der Waals surface area contributed by atoms with Crippen molar-refractivity contribution in [2.24, 2.45) is 0 Å². The van der Waals surface area contributed by atoms with Crippen LogP contribution < -0.4 is 16.0 Å². The molecule has 0 aliphatic rings. The van der Waals surface area contributed by atoms with Crippen LogP contribution in [0.1, 0.15) is 6.42 Å². The highest BCUT2D eigenvalue weighted by Crippen LogP contribution is 2.08. The van der Waals surface area contributed by atoms with Gasteiger partial charge < -0.3 is 16.0 Å². The second-order valence-electron chi connectivity index (χ2n) is 2.85. The minimum atomic E-state index is -0.0542. The first-order valence-corrected chi connectivity index (χ1v) is 5.07. The van der Waals surface area contributed by atoms with Crippen LogP contribution in [0, 0.1) is 0 Å². The van der Waals surface area contributed by atoms with E-state index in [1.54, 1.807) is 14.1 Å². The zero-order valence-corrected chi connectivity index (χ0v) is 9.80. The summed E-state index contributed by atoms with van der Waals surface area (Å²) in [6.07, 6.45) is 0.342. The van der Waals surface area contributed by atoms with Gasteiger partial charge in [-0.05, 0) is 11.6 Å². The lowest BCUT2D eigenvalue weighted by Crippen LogP contribution is -2.21. The Kier molecular flexibility index (Phi) is 4.71. The van der Waals surface area contributed by atoms with E-state index in [9.17, 15) is 4.79 Å². The summed E-state index contributed by atoms with van der Waals surface area (Å²) in [6.45, 7) is 0.434. The zero-order valence-electron chi connectivity index (χ0n) is 9.04.